The first kappa shape index (κ1) is 19.0. The third kappa shape index (κ3) is 2.66. The fourth-order valence-electron chi connectivity index (χ4n) is 8.71. The van der Waals surface area contributed by atoms with Crippen LogP contribution in [0.1, 0.15) is 99.3 Å². The maximum absolute atomic E-state index is 12.3. The molecule has 4 aliphatic rings. The Kier molecular flexibility index (Phi) is 4.45. The summed E-state index contributed by atoms with van der Waals surface area (Å²) in [5.74, 6) is 5.37. The molecule has 4 saturated carbocycles. The Hall–Kier alpha value is -0.330. The van der Waals surface area contributed by atoms with E-state index < -0.39 is 0 Å². The Morgan fingerprint density at radius 1 is 0.846 bits per heavy atom. The Balaban J connectivity index is 1.57. The summed E-state index contributed by atoms with van der Waals surface area (Å²) < 4.78 is 0. The van der Waals surface area contributed by atoms with Crippen molar-refractivity contribution in [2.45, 2.75) is 99.3 Å². The minimum absolute atomic E-state index is 0.318. The van der Waals surface area contributed by atoms with Gasteiger partial charge in [0.05, 0.1) is 0 Å². The highest BCUT2D eigenvalue weighted by Gasteiger charge is 2.61. The van der Waals surface area contributed by atoms with Crippen molar-refractivity contribution >= 4 is 5.78 Å². The van der Waals surface area contributed by atoms with Crippen LogP contribution in [0.3, 0.4) is 0 Å². The highest BCUT2D eigenvalue weighted by atomic mass is 16.1. The first-order chi connectivity index (χ1) is 12.1. The molecule has 0 radical (unpaired) electrons. The van der Waals surface area contributed by atoms with E-state index in [0.29, 0.717) is 27.9 Å². The number of fused-ring (bicyclic) bond motifs is 5. The molecular weight excluding hydrogens is 316 g/mol. The van der Waals surface area contributed by atoms with E-state index in [1.165, 1.54) is 57.8 Å². The minimum atomic E-state index is 0.318. The Bertz CT molecular complexity index is 571. The van der Waals surface area contributed by atoms with Gasteiger partial charge in [0.25, 0.3) is 0 Å². The third-order valence-electron chi connectivity index (χ3n) is 10.4. The monoisotopic (exact) mass is 358 g/mol. The number of hydrogen-bond donors (Lipinski definition) is 0. The van der Waals surface area contributed by atoms with E-state index >= 15 is 0 Å². The van der Waals surface area contributed by atoms with Gasteiger partial charge in [-0.25, -0.2) is 0 Å². The zero-order chi connectivity index (χ0) is 18.9. The topological polar surface area (TPSA) is 17.1 Å². The summed E-state index contributed by atoms with van der Waals surface area (Å²) in [6.07, 6.45) is 12.5. The quantitative estimate of drug-likeness (QED) is 0.498. The number of carbonyl (C=O) groups is 1. The van der Waals surface area contributed by atoms with Crippen molar-refractivity contribution in [1.29, 1.82) is 0 Å². The number of carbonyl (C=O) groups excluding carboxylic acids is 1. The van der Waals surface area contributed by atoms with Crippen LogP contribution >= 0.6 is 0 Å². The molecule has 0 aromatic rings. The number of rotatable bonds is 1. The molecule has 4 aliphatic carbocycles. The van der Waals surface area contributed by atoms with E-state index in [9.17, 15) is 4.79 Å². The lowest BCUT2D eigenvalue weighted by Crippen LogP contribution is -2.54. The lowest BCUT2D eigenvalue weighted by molar-refractivity contribution is -0.137. The molecule has 4 rings (SSSR count). The first-order valence-electron chi connectivity index (χ1n) is 11.6. The maximum Gasteiger partial charge on any atom is 0.133 e. The van der Waals surface area contributed by atoms with E-state index in [0.717, 1.165) is 29.6 Å². The number of ketones is 1. The van der Waals surface area contributed by atoms with Gasteiger partial charge in [-0.15, -0.1) is 0 Å². The zero-order valence-corrected chi connectivity index (χ0v) is 18.2. The lowest BCUT2D eigenvalue weighted by atomic mass is 9.43. The Morgan fingerprint density at radius 2 is 1.50 bits per heavy atom. The van der Waals surface area contributed by atoms with Crippen LogP contribution in [0, 0.1) is 51.8 Å². The molecule has 0 bridgehead atoms. The third-order valence-corrected chi connectivity index (χ3v) is 10.4. The van der Waals surface area contributed by atoms with Crippen LogP contribution in [0.15, 0.2) is 0 Å². The van der Waals surface area contributed by atoms with Gasteiger partial charge < -0.3 is 0 Å². The average molecular weight is 359 g/mol. The SMILES string of the molecule is CC(=O)[C@H]1CCC2C3CCC4CC(C(C)(C)C)CC[C@]4(C)C3CC[C@@]21C. The molecule has 4 fully saturated rings. The van der Waals surface area contributed by atoms with Crippen LogP contribution in [0.25, 0.3) is 0 Å². The van der Waals surface area contributed by atoms with Gasteiger partial charge in [0.15, 0.2) is 0 Å². The molecule has 5 unspecified atom stereocenters. The second kappa shape index (κ2) is 6.08. The predicted octanol–water partition coefficient (Wildman–Crippen LogP) is 6.90. The molecule has 1 heteroatoms. The molecule has 26 heavy (non-hydrogen) atoms. The highest BCUT2D eigenvalue weighted by molar-refractivity contribution is 5.79. The molecule has 0 aromatic carbocycles. The van der Waals surface area contributed by atoms with Crippen molar-refractivity contribution in [3.8, 4) is 0 Å². The fourth-order valence-corrected chi connectivity index (χ4v) is 8.71. The molecule has 0 amide bonds. The minimum Gasteiger partial charge on any atom is -0.300 e. The molecule has 0 aliphatic heterocycles. The molecule has 0 heterocycles. The van der Waals surface area contributed by atoms with Gasteiger partial charge >= 0.3 is 0 Å². The van der Waals surface area contributed by atoms with Gasteiger partial charge in [-0.1, -0.05) is 34.6 Å². The molecule has 0 N–H and O–H groups in total. The van der Waals surface area contributed by atoms with Crippen LogP contribution in [0.2, 0.25) is 0 Å². The molecule has 0 saturated heterocycles. The Labute approximate surface area is 162 Å². The smallest absolute Gasteiger partial charge is 0.133 e. The Morgan fingerprint density at radius 3 is 2.15 bits per heavy atom. The summed E-state index contributed by atoms with van der Waals surface area (Å²) in [7, 11) is 0. The maximum atomic E-state index is 12.3. The zero-order valence-electron chi connectivity index (χ0n) is 18.2. The molecule has 148 valence electrons. The molecule has 0 aromatic heterocycles. The van der Waals surface area contributed by atoms with E-state index in [1.54, 1.807) is 0 Å². The molecule has 0 spiro atoms. The molecule has 8 atom stereocenters. The molecule has 1 nitrogen and oxygen atoms in total. The summed E-state index contributed by atoms with van der Waals surface area (Å²) in [6, 6.07) is 0. The second-order valence-electron chi connectivity index (χ2n) is 12.3. The van der Waals surface area contributed by atoms with Crippen LogP contribution < -0.4 is 0 Å². The van der Waals surface area contributed by atoms with Crippen LogP contribution in [0.5, 0.6) is 0 Å². The van der Waals surface area contributed by atoms with Crippen molar-refractivity contribution < 1.29 is 4.79 Å². The van der Waals surface area contributed by atoms with Crippen molar-refractivity contribution in [2.24, 2.45) is 51.8 Å². The summed E-state index contributed by atoms with van der Waals surface area (Å²) in [4.78, 5) is 12.3. The number of Topliss-reactive ketones (excluding diaryl/α,β-unsaturated/α-hetero) is 1. The van der Waals surface area contributed by atoms with Crippen LogP contribution in [-0.2, 0) is 4.79 Å². The van der Waals surface area contributed by atoms with Gasteiger partial charge in [0, 0.05) is 5.92 Å². The lowest BCUT2D eigenvalue weighted by Gasteiger charge is -2.62. The fraction of sp³-hybridized carbons (Fsp3) is 0.960. The van der Waals surface area contributed by atoms with Gasteiger partial charge in [-0.3, -0.25) is 4.79 Å². The molecular formula is C25H42O. The standard InChI is InChI=1S/C25H42O/c1-16(26)20-9-10-21-19-8-7-18-15-17(23(2,3)4)11-13-24(18,5)22(19)12-14-25(20,21)6/h17-22H,7-15H2,1-6H3/t17?,18?,19?,20-,21?,22?,24+,25-/m1/s1. The van der Waals surface area contributed by atoms with E-state index in [4.69, 9.17) is 0 Å². The van der Waals surface area contributed by atoms with Gasteiger partial charge in [-0.2, -0.15) is 0 Å². The van der Waals surface area contributed by atoms with Gasteiger partial charge in [0.1, 0.15) is 5.78 Å². The largest absolute Gasteiger partial charge is 0.300 e. The van der Waals surface area contributed by atoms with E-state index in [1.807, 2.05) is 6.92 Å². The summed E-state index contributed by atoms with van der Waals surface area (Å²) in [6.45, 7) is 14.4. The normalized spacial score (nSPS) is 51.3. The van der Waals surface area contributed by atoms with E-state index in [-0.39, 0.29) is 0 Å². The second-order valence-corrected chi connectivity index (χ2v) is 12.3. The summed E-state index contributed by atoms with van der Waals surface area (Å²) in [5.41, 5.74) is 1.38. The van der Waals surface area contributed by atoms with Crippen LogP contribution in [0.4, 0.5) is 0 Å². The average Bonchev–Trinajstić information content (AvgIpc) is 2.90. The van der Waals surface area contributed by atoms with Crippen molar-refractivity contribution in [1.82, 2.24) is 0 Å². The van der Waals surface area contributed by atoms with Crippen molar-refractivity contribution in [2.75, 3.05) is 0 Å². The number of hydrogen-bond acceptors (Lipinski definition) is 1. The summed E-state index contributed by atoms with van der Waals surface area (Å²) in [5, 5.41) is 0. The van der Waals surface area contributed by atoms with E-state index in [2.05, 4.69) is 34.6 Å². The van der Waals surface area contributed by atoms with Crippen molar-refractivity contribution in [3.63, 3.8) is 0 Å². The first-order valence-corrected chi connectivity index (χ1v) is 11.6. The van der Waals surface area contributed by atoms with Crippen molar-refractivity contribution in [3.05, 3.63) is 0 Å². The summed E-state index contributed by atoms with van der Waals surface area (Å²) >= 11 is 0. The van der Waals surface area contributed by atoms with Crippen LogP contribution in [-0.4, -0.2) is 5.78 Å². The predicted molar refractivity (Wildman–Crippen MR) is 109 cm³/mol. The highest BCUT2D eigenvalue weighted by Crippen LogP contribution is 2.68. The van der Waals surface area contributed by atoms with Gasteiger partial charge in [-0.05, 0) is 111 Å². The van der Waals surface area contributed by atoms with Gasteiger partial charge in [0.2, 0.25) is 0 Å².